The van der Waals surface area contributed by atoms with Crippen LogP contribution < -0.4 is 4.90 Å². The third-order valence-electron chi connectivity index (χ3n) is 4.01. The molecule has 1 aromatic rings. The average Bonchev–Trinajstić information content (AvgIpc) is 2.80. The Morgan fingerprint density at radius 3 is 2.70 bits per heavy atom. The number of carbonyl (C=O) groups excluding carboxylic acids is 2. The molecule has 0 aromatic heterocycles. The highest BCUT2D eigenvalue weighted by molar-refractivity contribution is 6.20. The van der Waals surface area contributed by atoms with Crippen molar-refractivity contribution in [1.82, 2.24) is 0 Å². The number of nitrogens with zero attached hydrogens (tertiary/aromatic N) is 1. The molecule has 0 fully saturated rings. The molecule has 2 atom stereocenters. The van der Waals surface area contributed by atoms with E-state index in [4.69, 9.17) is 9.84 Å². The van der Waals surface area contributed by atoms with Crippen LogP contribution >= 0.6 is 0 Å². The molecule has 0 spiro atoms. The Morgan fingerprint density at radius 2 is 2.04 bits per heavy atom. The van der Waals surface area contributed by atoms with E-state index in [0.29, 0.717) is 30.6 Å². The molecule has 0 saturated carbocycles. The lowest BCUT2D eigenvalue weighted by Gasteiger charge is -2.25. The minimum absolute atomic E-state index is 0.211. The molecule has 1 N–H and O–H groups in total. The van der Waals surface area contributed by atoms with Gasteiger partial charge in [-0.1, -0.05) is 19.1 Å². The lowest BCUT2D eigenvalue weighted by atomic mass is 10.1. The van der Waals surface area contributed by atoms with E-state index in [-0.39, 0.29) is 12.4 Å². The van der Waals surface area contributed by atoms with Crippen LogP contribution in [0.3, 0.4) is 0 Å². The second kappa shape index (κ2) is 7.26. The van der Waals surface area contributed by atoms with Gasteiger partial charge in [-0.05, 0) is 31.9 Å². The van der Waals surface area contributed by atoms with Gasteiger partial charge in [-0.3, -0.25) is 9.59 Å². The second-order valence-electron chi connectivity index (χ2n) is 5.61. The maximum absolute atomic E-state index is 12.5. The molecule has 23 heavy (non-hydrogen) atoms. The number of carboxylic acid groups (broad SMARTS) is 1. The van der Waals surface area contributed by atoms with Crippen LogP contribution in [-0.2, 0) is 14.3 Å². The maximum Gasteiger partial charge on any atom is 0.337 e. The number of hydrogen-bond acceptors (Lipinski definition) is 5. The van der Waals surface area contributed by atoms with Crippen molar-refractivity contribution in [2.75, 3.05) is 18.1 Å². The number of ketones is 1. The minimum Gasteiger partial charge on any atom is -0.481 e. The number of esters is 1. The fraction of sp³-hybridized carbons (Fsp3) is 0.471. The largest absolute Gasteiger partial charge is 0.481 e. The Hall–Kier alpha value is -2.37. The van der Waals surface area contributed by atoms with Gasteiger partial charge in [0, 0.05) is 17.8 Å². The van der Waals surface area contributed by atoms with E-state index >= 15 is 0 Å². The van der Waals surface area contributed by atoms with Gasteiger partial charge in [0.1, 0.15) is 0 Å². The van der Waals surface area contributed by atoms with Crippen molar-refractivity contribution >= 4 is 23.4 Å². The Bertz CT molecular complexity index is 613. The molecule has 0 saturated heterocycles. The lowest BCUT2D eigenvalue weighted by molar-refractivity contribution is -0.143. The SMILES string of the molecule is CCOC(=O)[C@@H]1C(=O)c2ccccc2N1CCC[C@H](C)C(=O)O. The predicted octanol–water partition coefficient (Wildman–Crippen LogP) is 2.12. The zero-order valence-electron chi connectivity index (χ0n) is 13.3. The van der Waals surface area contributed by atoms with Gasteiger partial charge in [0.2, 0.25) is 0 Å². The fourth-order valence-electron chi connectivity index (χ4n) is 2.76. The summed E-state index contributed by atoms with van der Waals surface area (Å²) >= 11 is 0. The van der Waals surface area contributed by atoms with Crippen molar-refractivity contribution in [3.8, 4) is 0 Å². The summed E-state index contributed by atoms with van der Waals surface area (Å²) in [6.45, 7) is 3.99. The molecule has 0 unspecified atom stereocenters. The predicted molar refractivity (Wildman–Crippen MR) is 84.6 cm³/mol. The maximum atomic E-state index is 12.5. The van der Waals surface area contributed by atoms with Crippen molar-refractivity contribution < 1.29 is 24.2 Å². The standard InChI is InChI=1S/C17H21NO5/c1-3-23-17(22)14-15(19)12-8-4-5-9-13(12)18(14)10-6-7-11(2)16(20)21/h4-5,8-9,11,14H,3,6-7,10H2,1-2H3,(H,20,21)/t11-,14-/m0/s1. The average molecular weight is 319 g/mol. The third-order valence-corrected chi connectivity index (χ3v) is 4.01. The van der Waals surface area contributed by atoms with Crippen LogP contribution in [0.1, 0.15) is 37.0 Å². The quantitative estimate of drug-likeness (QED) is 0.612. The molecule has 6 heteroatoms. The van der Waals surface area contributed by atoms with Crippen LogP contribution in [0.4, 0.5) is 5.69 Å². The van der Waals surface area contributed by atoms with E-state index in [1.165, 1.54) is 0 Å². The highest BCUT2D eigenvalue weighted by Crippen LogP contribution is 2.33. The van der Waals surface area contributed by atoms with Crippen LogP contribution in [0.15, 0.2) is 24.3 Å². The first-order chi connectivity index (χ1) is 11.0. The van der Waals surface area contributed by atoms with Gasteiger partial charge in [0.15, 0.2) is 11.8 Å². The van der Waals surface area contributed by atoms with Gasteiger partial charge in [-0.15, -0.1) is 0 Å². The number of Topliss-reactive ketones (excluding diaryl/α,β-unsaturated/α-hetero) is 1. The van der Waals surface area contributed by atoms with Gasteiger partial charge >= 0.3 is 11.9 Å². The first-order valence-electron chi connectivity index (χ1n) is 7.76. The Balaban J connectivity index is 2.16. The number of anilines is 1. The summed E-state index contributed by atoms with van der Waals surface area (Å²) in [5.74, 6) is -2.11. The Morgan fingerprint density at radius 1 is 1.35 bits per heavy atom. The molecule has 1 aliphatic heterocycles. The molecule has 1 aromatic carbocycles. The first kappa shape index (κ1) is 17.0. The number of carbonyl (C=O) groups is 3. The summed E-state index contributed by atoms with van der Waals surface area (Å²) in [5, 5.41) is 8.94. The Labute approximate surface area is 135 Å². The van der Waals surface area contributed by atoms with Crippen LogP contribution in [-0.4, -0.2) is 42.0 Å². The van der Waals surface area contributed by atoms with E-state index in [1.54, 1.807) is 36.9 Å². The third kappa shape index (κ3) is 3.52. The number of rotatable bonds is 7. The molecule has 0 amide bonds. The smallest absolute Gasteiger partial charge is 0.337 e. The molecule has 0 bridgehead atoms. The number of hydrogen-bond donors (Lipinski definition) is 1. The van der Waals surface area contributed by atoms with Crippen molar-refractivity contribution in [3.05, 3.63) is 29.8 Å². The zero-order chi connectivity index (χ0) is 17.0. The van der Waals surface area contributed by atoms with Crippen molar-refractivity contribution in [2.24, 2.45) is 5.92 Å². The number of benzene rings is 1. The summed E-state index contributed by atoms with van der Waals surface area (Å²) in [4.78, 5) is 37.3. The van der Waals surface area contributed by atoms with Crippen LogP contribution in [0, 0.1) is 5.92 Å². The normalized spacial score (nSPS) is 17.7. The van der Waals surface area contributed by atoms with E-state index in [9.17, 15) is 14.4 Å². The van der Waals surface area contributed by atoms with E-state index in [1.807, 2.05) is 6.07 Å². The van der Waals surface area contributed by atoms with Crippen LogP contribution in [0.2, 0.25) is 0 Å². The van der Waals surface area contributed by atoms with Gasteiger partial charge in [0.25, 0.3) is 0 Å². The van der Waals surface area contributed by atoms with Crippen molar-refractivity contribution in [1.29, 1.82) is 0 Å². The van der Waals surface area contributed by atoms with E-state index in [0.717, 1.165) is 0 Å². The molecule has 0 aliphatic carbocycles. The number of carboxylic acids is 1. The summed E-state index contributed by atoms with van der Waals surface area (Å²) in [6.07, 6.45) is 1.06. The van der Waals surface area contributed by atoms with E-state index < -0.39 is 23.9 Å². The van der Waals surface area contributed by atoms with Gasteiger partial charge in [-0.25, -0.2) is 4.79 Å². The van der Waals surface area contributed by atoms with E-state index in [2.05, 4.69) is 0 Å². The van der Waals surface area contributed by atoms with Crippen LogP contribution in [0.25, 0.3) is 0 Å². The fourth-order valence-corrected chi connectivity index (χ4v) is 2.76. The molecule has 6 nitrogen and oxygen atoms in total. The molecular weight excluding hydrogens is 298 g/mol. The molecule has 124 valence electrons. The number of para-hydroxylation sites is 1. The number of fused-ring (bicyclic) bond motifs is 1. The van der Waals surface area contributed by atoms with Gasteiger partial charge in [-0.2, -0.15) is 0 Å². The summed E-state index contributed by atoms with van der Waals surface area (Å²) in [7, 11) is 0. The minimum atomic E-state index is -0.965. The molecule has 2 rings (SSSR count). The molecule has 1 heterocycles. The monoisotopic (exact) mass is 319 g/mol. The zero-order valence-corrected chi connectivity index (χ0v) is 13.3. The summed E-state index contributed by atoms with van der Waals surface area (Å²) in [6, 6.07) is 6.10. The Kier molecular flexibility index (Phi) is 5.36. The molecular formula is C17H21NO5. The first-order valence-corrected chi connectivity index (χ1v) is 7.76. The van der Waals surface area contributed by atoms with Crippen molar-refractivity contribution in [3.63, 3.8) is 0 Å². The summed E-state index contributed by atoms with van der Waals surface area (Å²) < 4.78 is 5.03. The van der Waals surface area contributed by atoms with Crippen LogP contribution in [0.5, 0.6) is 0 Å². The number of aliphatic carboxylic acids is 1. The topological polar surface area (TPSA) is 83.9 Å². The molecule has 1 aliphatic rings. The second-order valence-corrected chi connectivity index (χ2v) is 5.61. The lowest BCUT2D eigenvalue weighted by Crippen LogP contribution is -2.43. The highest BCUT2D eigenvalue weighted by Gasteiger charge is 2.42. The molecule has 0 radical (unpaired) electrons. The highest BCUT2D eigenvalue weighted by atomic mass is 16.5. The van der Waals surface area contributed by atoms with Gasteiger partial charge < -0.3 is 14.7 Å². The number of ether oxygens (including phenoxy) is 1. The van der Waals surface area contributed by atoms with Crippen molar-refractivity contribution in [2.45, 2.75) is 32.7 Å². The van der Waals surface area contributed by atoms with Gasteiger partial charge in [0.05, 0.1) is 12.5 Å². The summed E-state index contributed by atoms with van der Waals surface area (Å²) in [5.41, 5.74) is 1.22.